The maximum atomic E-state index is 13.6. The molecule has 2 aromatic carbocycles. The largest absolute Gasteiger partial charge is 0.481 e. The second-order valence-corrected chi connectivity index (χ2v) is 9.76. The molecule has 0 unspecified atom stereocenters. The van der Waals surface area contributed by atoms with E-state index in [-0.39, 0.29) is 4.21 Å². The van der Waals surface area contributed by atoms with Gasteiger partial charge >= 0.3 is 0 Å². The zero-order valence-electron chi connectivity index (χ0n) is 16.6. The summed E-state index contributed by atoms with van der Waals surface area (Å²) in [6.07, 6.45) is -0.840. The fourth-order valence-electron chi connectivity index (χ4n) is 2.59. The molecule has 6 nitrogen and oxygen atoms in total. The molecule has 9 heteroatoms. The normalized spacial score (nSPS) is 12.3. The van der Waals surface area contributed by atoms with Gasteiger partial charge in [-0.3, -0.25) is 9.10 Å². The number of hydrogen-bond acceptors (Lipinski definition) is 5. The van der Waals surface area contributed by atoms with E-state index in [9.17, 15) is 17.6 Å². The van der Waals surface area contributed by atoms with E-state index < -0.39 is 27.9 Å². The van der Waals surface area contributed by atoms with E-state index in [4.69, 9.17) is 4.74 Å². The predicted octanol–water partition coefficient (Wildman–Crippen LogP) is 4.43. The van der Waals surface area contributed by atoms with Gasteiger partial charge in [-0.05, 0) is 67.3 Å². The van der Waals surface area contributed by atoms with Gasteiger partial charge in [0.15, 0.2) is 6.10 Å². The lowest BCUT2D eigenvalue weighted by Crippen LogP contribution is -2.30. The summed E-state index contributed by atoms with van der Waals surface area (Å²) in [5.74, 6) is -0.434. The van der Waals surface area contributed by atoms with Crippen molar-refractivity contribution in [3.05, 3.63) is 71.4 Å². The lowest BCUT2D eigenvalue weighted by molar-refractivity contribution is -0.122. The maximum absolute atomic E-state index is 13.6. The first-order valence-corrected chi connectivity index (χ1v) is 11.4. The quantitative estimate of drug-likeness (QED) is 0.580. The fraction of sp³-hybridized carbons (Fsp3) is 0.190. The van der Waals surface area contributed by atoms with Crippen molar-refractivity contribution in [3.63, 3.8) is 0 Å². The highest BCUT2D eigenvalue weighted by Crippen LogP contribution is 2.27. The van der Waals surface area contributed by atoms with Gasteiger partial charge in [0.1, 0.15) is 15.8 Å². The molecular weight excluding hydrogens is 427 g/mol. The first-order valence-electron chi connectivity index (χ1n) is 9.04. The third-order valence-corrected chi connectivity index (χ3v) is 7.59. The summed E-state index contributed by atoms with van der Waals surface area (Å²) in [5, 5.41) is 4.31. The standard InChI is InChI=1S/C21H21FN2O4S2/c1-14-6-7-16(13-19(14)22)23-21(25)15(2)28-18-10-8-17(9-11-18)24(3)30(26,27)20-5-4-12-29-20/h4-13,15H,1-3H3,(H,23,25)/t15-/m0/s1. The minimum Gasteiger partial charge on any atom is -0.481 e. The van der Waals surface area contributed by atoms with E-state index in [0.29, 0.717) is 22.7 Å². The first-order chi connectivity index (χ1) is 14.2. The molecule has 1 amide bonds. The molecule has 0 spiro atoms. The van der Waals surface area contributed by atoms with Crippen molar-refractivity contribution in [2.24, 2.45) is 0 Å². The van der Waals surface area contributed by atoms with Gasteiger partial charge < -0.3 is 10.1 Å². The van der Waals surface area contributed by atoms with Crippen LogP contribution in [0.2, 0.25) is 0 Å². The Kier molecular flexibility index (Phi) is 6.42. The van der Waals surface area contributed by atoms with Crippen molar-refractivity contribution in [1.29, 1.82) is 0 Å². The van der Waals surface area contributed by atoms with E-state index in [1.165, 1.54) is 17.4 Å². The molecule has 0 fully saturated rings. The molecule has 0 radical (unpaired) electrons. The Morgan fingerprint density at radius 2 is 1.87 bits per heavy atom. The van der Waals surface area contributed by atoms with Crippen LogP contribution >= 0.6 is 11.3 Å². The van der Waals surface area contributed by atoms with Crippen molar-refractivity contribution < 1.29 is 22.3 Å². The number of anilines is 2. The molecular formula is C21H21FN2O4S2. The summed E-state index contributed by atoms with van der Waals surface area (Å²) < 4.78 is 45.9. The molecule has 0 aliphatic heterocycles. The highest BCUT2D eigenvalue weighted by Gasteiger charge is 2.22. The number of sulfonamides is 1. The van der Waals surface area contributed by atoms with E-state index in [1.54, 1.807) is 67.8 Å². The lowest BCUT2D eigenvalue weighted by Gasteiger charge is -2.19. The maximum Gasteiger partial charge on any atom is 0.273 e. The average Bonchev–Trinajstić information content (AvgIpc) is 3.26. The van der Waals surface area contributed by atoms with Gasteiger partial charge in [0, 0.05) is 12.7 Å². The van der Waals surface area contributed by atoms with Crippen LogP contribution in [-0.2, 0) is 14.8 Å². The number of thiophene rings is 1. The van der Waals surface area contributed by atoms with Crippen LogP contribution in [0.5, 0.6) is 5.75 Å². The van der Waals surface area contributed by atoms with Crippen molar-refractivity contribution in [3.8, 4) is 5.75 Å². The average molecular weight is 449 g/mol. The van der Waals surface area contributed by atoms with Crippen LogP contribution in [0.15, 0.2) is 64.2 Å². The highest BCUT2D eigenvalue weighted by atomic mass is 32.2. The Labute approximate surface area is 179 Å². The van der Waals surface area contributed by atoms with E-state index in [1.807, 2.05) is 0 Å². The molecule has 1 aromatic heterocycles. The van der Waals surface area contributed by atoms with Crippen LogP contribution in [0, 0.1) is 12.7 Å². The van der Waals surface area contributed by atoms with E-state index in [2.05, 4.69) is 5.32 Å². The molecule has 0 bridgehead atoms. The molecule has 1 heterocycles. The molecule has 0 saturated carbocycles. The van der Waals surface area contributed by atoms with Crippen molar-refractivity contribution in [2.75, 3.05) is 16.7 Å². The van der Waals surface area contributed by atoms with Crippen LogP contribution in [-0.4, -0.2) is 27.5 Å². The Morgan fingerprint density at radius 1 is 1.17 bits per heavy atom. The number of halogens is 1. The molecule has 1 N–H and O–H groups in total. The number of nitrogens with zero attached hydrogens (tertiary/aromatic N) is 1. The van der Waals surface area contributed by atoms with E-state index in [0.717, 1.165) is 11.3 Å². The van der Waals surface area contributed by atoms with Crippen LogP contribution in [0.3, 0.4) is 0 Å². The van der Waals surface area contributed by atoms with E-state index >= 15 is 0 Å². The third kappa shape index (κ3) is 4.80. The van der Waals surface area contributed by atoms with Crippen LogP contribution < -0.4 is 14.4 Å². The van der Waals surface area contributed by atoms with Gasteiger partial charge in [0.25, 0.3) is 15.9 Å². The number of rotatable bonds is 7. The van der Waals surface area contributed by atoms with Crippen LogP contribution in [0.4, 0.5) is 15.8 Å². The number of hydrogen-bond donors (Lipinski definition) is 1. The summed E-state index contributed by atoms with van der Waals surface area (Å²) in [7, 11) is -2.15. The van der Waals surface area contributed by atoms with Crippen molar-refractivity contribution in [1.82, 2.24) is 0 Å². The van der Waals surface area contributed by atoms with Gasteiger partial charge in [0.05, 0.1) is 5.69 Å². The molecule has 0 aliphatic carbocycles. The lowest BCUT2D eigenvalue weighted by atomic mass is 10.2. The summed E-state index contributed by atoms with van der Waals surface area (Å²) in [6.45, 7) is 3.21. The van der Waals surface area contributed by atoms with Crippen molar-refractivity contribution in [2.45, 2.75) is 24.2 Å². The topological polar surface area (TPSA) is 75.7 Å². The van der Waals surface area contributed by atoms with Gasteiger partial charge in [-0.1, -0.05) is 12.1 Å². The Hall–Kier alpha value is -2.91. The molecule has 3 aromatic rings. The number of amides is 1. The smallest absolute Gasteiger partial charge is 0.273 e. The summed E-state index contributed by atoms with van der Waals surface area (Å²) >= 11 is 1.15. The summed E-state index contributed by atoms with van der Waals surface area (Å²) in [5.41, 5.74) is 1.29. The molecule has 1 atom stereocenters. The Morgan fingerprint density at radius 3 is 2.47 bits per heavy atom. The minimum absolute atomic E-state index is 0.253. The summed E-state index contributed by atoms with van der Waals surface area (Å²) in [4.78, 5) is 12.3. The zero-order chi connectivity index (χ0) is 21.9. The highest BCUT2D eigenvalue weighted by molar-refractivity contribution is 7.94. The first kappa shape index (κ1) is 21.8. The molecule has 0 saturated heterocycles. The number of benzene rings is 2. The third-order valence-electron chi connectivity index (χ3n) is 4.43. The number of carbonyl (C=O) groups is 1. The zero-order valence-corrected chi connectivity index (χ0v) is 18.3. The summed E-state index contributed by atoms with van der Waals surface area (Å²) in [6, 6.07) is 14.0. The monoisotopic (exact) mass is 448 g/mol. The SMILES string of the molecule is Cc1ccc(NC(=O)[C@H](C)Oc2ccc(N(C)S(=O)(=O)c3cccs3)cc2)cc1F. The number of ether oxygens (including phenoxy) is 1. The van der Waals surface area contributed by atoms with Crippen LogP contribution in [0.1, 0.15) is 12.5 Å². The van der Waals surface area contributed by atoms with Gasteiger partial charge in [-0.15, -0.1) is 11.3 Å². The van der Waals surface area contributed by atoms with Gasteiger partial charge in [-0.2, -0.15) is 0 Å². The fourth-order valence-corrected chi connectivity index (χ4v) is 4.95. The molecule has 30 heavy (non-hydrogen) atoms. The van der Waals surface area contributed by atoms with Gasteiger partial charge in [0.2, 0.25) is 0 Å². The second-order valence-electron chi connectivity index (χ2n) is 6.61. The van der Waals surface area contributed by atoms with Crippen LogP contribution in [0.25, 0.3) is 0 Å². The number of aryl methyl sites for hydroxylation is 1. The molecule has 3 rings (SSSR count). The molecule has 158 valence electrons. The Balaban J connectivity index is 1.64. The second kappa shape index (κ2) is 8.85. The number of carbonyl (C=O) groups excluding carboxylic acids is 1. The number of nitrogens with one attached hydrogen (secondary N) is 1. The van der Waals surface area contributed by atoms with Gasteiger partial charge in [-0.25, -0.2) is 12.8 Å². The minimum atomic E-state index is -3.62. The van der Waals surface area contributed by atoms with Crippen molar-refractivity contribution >= 4 is 38.6 Å². The molecule has 0 aliphatic rings. The predicted molar refractivity (Wildman–Crippen MR) is 116 cm³/mol. The Bertz CT molecular complexity index is 1130.